The Labute approximate surface area is 377 Å². The molecule has 61 heavy (non-hydrogen) atoms. The van der Waals surface area contributed by atoms with Gasteiger partial charge in [-0.3, -0.25) is 9.97 Å². The predicted octanol–water partition coefficient (Wildman–Crippen LogP) is 14.1. The molecule has 9 aromatic rings. The molecule has 0 amide bonds. The maximum absolute atomic E-state index is 6.59. The summed E-state index contributed by atoms with van der Waals surface area (Å²) in [5.41, 5.74) is 14.1. The summed E-state index contributed by atoms with van der Waals surface area (Å²) in [5, 5.41) is 4.65. The molecule has 7 heteroatoms. The van der Waals surface area contributed by atoms with Crippen molar-refractivity contribution in [3.05, 3.63) is 150 Å². The fourth-order valence-corrected chi connectivity index (χ4v) is 12.0. The fraction of sp³-hybridized carbons (Fsp3) is 0.278. The zero-order chi connectivity index (χ0) is 42.5. The van der Waals surface area contributed by atoms with E-state index >= 15 is 0 Å². The summed E-state index contributed by atoms with van der Waals surface area (Å²) in [6.45, 7) is 17.8. The van der Waals surface area contributed by atoms with E-state index in [1.807, 2.05) is 37.4 Å². The molecule has 0 saturated heterocycles. The molecule has 0 unspecified atom stereocenters. The first-order valence-electron chi connectivity index (χ1n) is 21.4. The Kier molecular flexibility index (Phi) is 12.9. The summed E-state index contributed by atoms with van der Waals surface area (Å²) in [7, 11) is 0. The van der Waals surface area contributed by atoms with Crippen LogP contribution in [-0.4, -0.2) is 32.8 Å². The number of fused-ring (bicyclic) bond motifs is 5. The first-order valence-corrected chi connectivity index (χ1v) is 28.8. The number of aromatic nitrogens is 4. The number of para-hydroxylation sites is 2. The zero-order valence-electron chi connectivity index (χ0n) is 37.4. The van der Waals surface area contributed by atoms with Crippen LogP contribution in [0.1, 0.15) is 81.3 Å². The van der Waals surface area contributed by atoms with Gasteiger partial charge in [-0.15, -0.1) is 17.7 Å². The summed E-state index contributed by atoms with van der Waals surface area (Å²) in [5.74, 6) is 9.45. The third kappa shape index (κ3) is 8.65. The van der Waals surface area contributed by atoms with Gasteiger partial charge in [-0.1, -0.05) is 82.0 Å². The van der Waals surface area contributed by atoms with Crippen LogP contribution in [0.2, 0.25) is 17.3 Å². The van der Waals surface area contributed by atoms with Crippen molar-refractivity contribution in [2.45, 2.75) is 90.9 Å². The average Bonchev–Trinajstić information content (AvgIpc) is 3.79. The summed E-state index contributed by atoms with van der Waals surface area (Å²) >= 11 is -1.86. The molecule has 9 rings (SSSR count). The monoisotopic (exact) mass is 1040 g/mol. The number of hydrogen-bond acceptors (Lipinski definition) is 4. The Morgan fingerprint density at radius 2 is 1.51 bits per heavy atom. The molecule has 313 valence electrons. The van der Waals surface area contributed by atoms with E-state index in [0.29, 0.717) is 17.8 Å². The first-order chi connectivity index (χ1) is 28.7. The van der Waals surface area contributed by atoms with Crippen molar-refractivity contribution in [1.29, 1.82) is 0 Å². The predicted molar refractivity (Wildman–Crippen MR) is 256 cm³/mol. The molecular formula is C54H56GeIrN4O-2. The third-order valence-electron chi connectivity index (χ3n) is 11.5. The van der Waals surface area contributed by atoms with Gasteiger partial charge in [0.1, 0.15) is 5.58 Å². The van der Waals surface area contributed by atoms with Gasteiger partial charge in [0.25, 0.3) is 0 Å². The maximum atomic E-state index is 6.59. The molecule has 0 saturated carbocycles. The Balaban J connectivity index is 0.000000226. The topological polar surface area (TPSA) is 56.7 Å². The molecule has 1 radical (unpaired) electrons. The molecular weight excluding hydrogens is 985 g/mol. The number of benzene rings is 5. The van der Waals surface area contributed by atoms with E-state index in [4.69, 9.17) is 14.4 Å². The van der Waals surface area contributed by atoms with Gasteiger partial charge in [-0.25, -0.2) is 0 Å². The third-order valence-corrected chi connectivity index (χ3v) is 15.8. The summed E-state index contributed by atoms with van der Waals surface area (Å²) in [4.78, 5) is 14.5. The van der Waals surface area contributed by atoms with E-state index in [0.717, 1.165) is 73.3 Å². The van der Waals surface area contributed by atoms with E-state index in [-0.39, 0.29) is 20.1 Å². The largest absolute Gasteiger partial charge is 0.500 e. The summed E-state index contributed by atoms with van der Waals surface area (Å²) in [6, 6.07) is 40.8. The van der Waals surface area contributed by atoms with Crippen molar-refractivity contribution in [3.8, 4) is 28.3 Å². The van der Waals surface area contributed by atoms with Gasteiger partial charge in [0, 0.05) is 49.1 Å². The van der Waals surface area contributed by atoms with Crippen LogP contribution in [0.25, 0.3) is 72.1 Å². The molecule has 5 nitrogen and oxygen atoms in total. The fourth-order valence-electron chi connectivity index (χ4n) is 8.70. The Morgan fingerprint density at radius 1 is 0.770 bits per heavy atom. The zero-order valence-corrected chi connectivity index (χ0v) is 41.9. The molecule has 0 bridgehead atoms. The number of pyridine rings is 2. The number of hydrogen-bond donors (Lipinski definition) is 0. The van der Waals surface area contributed by atoms with Crippen LogP contribution in [-0.2, 0) is 26.5 Å². The average molecular weight is 1040 g/mol. The van der Waals surface area contributed by atoms with Crippen molar-refractivity contribution in [1.82, 2.24) is 19.5 Å². The van der Waals surface area contributed by atoms with E-state index in [1.165, 1.54) is 33.2 Å². The number of nitrogens with zero attached hydrogens (tertiary/aromatic N) is 4. The van der Waals surface area contributed by atoms with Gasteiger partial charge >= 0.3 is 126 Å². The molecule has 0 spiro atoms. The summed E-state index contributed by atoms with van der Waals surface area (Å²) < 4.78 is 10.5. The van der Waals surface area contributed by atoms with E-state index in [9.17, 15) is 0 Å². The smallest absolute Gasteiger partial charge is 0.124 e. The Hall–Kier alpha value is -4.88. The second-order valence-electron chi connectivity index (χ2n) is 18.3. The number of aryl methyl sites for hydroxylation is 2. The standard InChI is InChI=1S/C36H32N3O.C18H24GeN.Ir/c1-20(2)27-18-24-11-7-8-12-25(24)32(21(3)4)34(27)39-30-14-10-9-13-29(30)38-36(39)26-16-15-22(5)33-28-19-37-23(6)17-31(28)40-35(26)33;1-14(2)11-16-12-18(15-9-7-6-8-10-15)20-13-17(16)19(3,4)5;/h7-15,17-21H,1-6H3;6-9,12-14H,11H2,1-5H3;/q2*-1;. The molecule has 0 aliphatic carbocycles. The molecule has 0 aliphatic heterocycles. The van der Waals surface area contributed by atoms with Crippen LogP contribution >= 0.6 is 0 Å². The van der Waals surface area contributed by atoms with Crippen molar-refractivity contribution in [2.75, 3.05) is 0 Å². The molecule has 4 heterocycles. The second-order valence-corrected chi connectivity index (χ2v) is 28.9. The number of rotatable bonds is 8. The van der Waals surface area contributed by atoms with Crippen LogP contribution in [0.4, 0.5) is 0 Å². The van der Waals surface area contributed by atoms with E-state index in [1.54, 1.807) is 4.40 Å². The van der Waals surface area contributed by atoms with Gasteiger partial charge in [0.05, 0.1) is 22.4 Å². The molecule has 4 aromatic heterocycles. The van der Waals surface area contributed by atoms with Crippen LogP contribution in [0.15, 0.2) is 114 Å². The Bertz CT molecular complexity index is 3010. The molecule has 0 aliphatic rings. The van der Waals surface area contributed by atoms with Crippen LogP contribution in [0.5, 0.6) is 0 Å². The minimum Gasteiger partial charge on any atom is -0.500 e. The minimum absolute atomic E-state index is 0. The minimum atomic E-state index is -1.86. The molecule has 5 aromatic carbocycles. The van der Waals surface area contributed by atoms with Gasteiger partial charge < -0.3 is 8.98 Å². The molecule has 0 fully saturated rings. The van der Waals surface area contributed by atoms with Gasteiger partial charge in [-0.05, 0) is 58.9 Å². The number of imidazole rings is 1. The normalized spacial score (nSPS) is 11.9. The quantitative estimate of drug-likeness (QED) is 0.112. The first kappa shape index (κ1) is 44.2. The van der Waals surface area contributed by atoms with Crippen molar-refractivity contribution in [2.24, 2.45) is 5.92 Å². The van der Waals surface area contributed by atoms with Gasteiger partial charge in [-0.2, -0.15) is 0 Å². The van der Waals surface area contributed by atoms with Crippen LogP contribution in [0, 0.1) is 31.9 Å². The van der Waals surface area contributed by atoms with Crippen molar-refractivity contribution in [3.63, 3.8) is 0 Å². The van der Waals surface area contributed by atoms with Gasteiger partial charge in [0.15, 0.2) is 0 Å². The molecule has 0 N–H and O–H groups in total. The SMILES string of the molecule is CC(C)Cc1cc(-c2[c-]cccc2)nc[c]1[Ge]([CH3])([CH3])[CH3].Cc1cc2oc3c(-c4nc5ccccc5n4-c4c(C(C)C)cc5ccccc5c4C(C)C)[c-]cc(C)c3c2cn1.[Ir]. The van der Waals surface area contributed by atoms with Crippen molar-refractivity contribution < 1.29 is 24.5 Å². The molecule has 0 atom stereocenters. The Morgan fingerprint density at radius 3 is 2.21 bits per heavy atom. The summed E-state index contributed by atoms with van der Waals surface area (Å²) in [6.07, 6.45) is 5.20. The van der Waals surface area contributed by atoms with E-state index in [2.05, 4.69) is 166 Å². The van der Waals surface area contributed by atoms with Crippen molar-refractivity contribution >= 4 is 61.4 Å². The van der Waals surface area contributed by atoms with Crippen LogP contribution in [0.3, 0.4) is 0 Å². The van der Waals surface area contributed by atoms with Crippen LogP contribution < -0.4 is 4.40 Å². The van der Waals surface area contributed by atoms with E-state index < -0.39 is 13.3 Å². The second kappa shape index (κ2) is 17.8. The maximum Gasteiger partial charge on any atom is 0.124 e. The van der Waals surface area contributed by atoms with Gasteiger partial charge in [0.2, 0.25) is 0 Å². The number of furan rings is 1.